The number of thiophene rings is 1. The molecule has 24 heavy (non-hydrogen) atoms. The Kier molecular flexibility index (Phi) is 4.63. The van der Waals surface area contributed by atoms with E-state index in [9.17, 15) is 14.0 Å². The van der Waals surface area contributed by atoms with Gasteiger partial charge in [0.1, 0.15) is 17.4 Å². The lowest BCUT2D eigenvalue weighted by atomic mass is 10.1. The molecule has 0 amide bonds. The van der Waals surface area contributed by atoms with E-state index in [0.717, 1.165) is 4.88 Å². The van der Waals surface area contributed by atoms with Crippen LogP contribution in [0.2, 0.25) is 0 Å². The fourth-order valence-electron chi connectivity index (χ4n) is 1.89. The van der Waals surface area contributed by atoms with Gasteiger partial charge in [-0.1, -0.05) is 23.4 Å². The van der Waals surface area contributed by atoms with Crippen molar-refractivity contribution in [2.24, 2.45) is 0 Å². The monoisotopic (exact) mass is 345 g/mol. The van der Waals surface area contributed by atoms with Crippen LogP contribution >= 0.6 is 11.3 Å². The van der Waals surface area contributed by atoms with E-state index in [4.69, 9.17) is 4.52 Å². The molecule has 120 valence electrons. The molecular weight excluding hydrogens is 336 g/mol. The third-order valence-corrected chi connectivity index (χ3v) is 3.80. The van der Waals surface area contributed by atoms with Gasteiger partial charge in [-0.2, -0.15) is 19.0 Å². The van der Waals surface area contributed by atoms with Crippen molar-refractivity contribution in [3.63, 3.8) is 0 Å². The predicted molar refractivity (Wildman–Crippen MR) is 84.2 cm³/mol. The number of alkyl halides is 2. The van der Waals surface area contributed by atoms with E-state index in [2.05, 4.69) is 14.9 Å². The molecule has 0 radical (unpaired) electrons. The molecule has 0 fully saturated rings. The SMILES string of the molecule is N#C/C(=C\c1ccc(OC(F)F)cc1)c1nc(-c2cccs2)no1. The lowest BCUT2D eigenvalue weighted by molar-refractivity contribution is -0.0498. The van der Waals surface area contributed by atoms with Crippen molar-refractivity contribution in [1.82, 2.24) is 10.1 Å². The van der Waals surface area contributed by atoms with Crippen LogP contribution in [0.4, 0.5) is 8.78 Å². The summed E-state index contributed by atoms with van der Waals surface area (Å²) < 4.78 is 33.6. The summed E-state index contributed by atoms with van der Waals surface area (Å²) in [7, 11) is 0. The van der Waals surface area contributed by atoms with Gasteiger partial charge in [-0.3, -0.25) is 0 Å². The van der Waals surface area contributed by atoms with Crippen LogP contribution in [0.1, 0.15) is 11.5 Å². The summed E-state index contributed by atoms with van der Waals surface area (Å²) in [5, 5.41) is 15.0. The Balaban J connectivity index is 1.83. The zero-order valence-electron chi connectivity index (χ0n) is 12.0. The molecule has 0 spiro atoms. The van der Waals surface area contributed by atoms with E-state index in [1.54, 1.807) is 12.1 Å². The quantitative estimate of drug-likeness (QED) is 0.638. The lowest BCUT2D eigenvalue weighted by Crippen LogP contribution is -2.01. The van der Waals surface area contributed by atoms with E-state index >= 15 is 0 Å². The van der Waals surface area contributed by atoms with E-state index in [1.165, 1.54) is 29.5 Å². The van der Waals surface area contributed by atoms with Crippen molar-refractivity contribution in [3.8, 4) is 22.5 Å². The lowest BCUT2D eigenvalue weighted by Gasteiger charge is -2.03. The zero-order valence-corrected chi connectivity index (χ0v) is 12.8. The molecule has 0 N–H and O–H groups in total. The van der Waals surface area contributed by atoms with Crippen molar-refractivity contribution < 1.29 is 18.0 Å². The average molecular weight is 345 g/mol. The summed E-state index contributed by atoms with van der Waals surface area (Å²) in [6.07, 6.45) is 1.53. The molecule has 2 heterocycles. The molecule has 0 aliphatic carbocycles. The fraction of sp³-hybridized carbons (Fsp3) is 0.0625. The second kappa shape index (κ2) is 7.02. The van der Waals surface area contributed by atoms with Gasteiger partial charge in [0.05, 0.1) is 4.88 Å². The Morgan fingerprint density at radius 2 is 2.08 bits per heavy atom. The summed E-state index contributed by atoms with van der Waals surface area (Å²) >= 11 is 1.46. The van der Waals surface area contributed by atoms with Gasteiger partial charge in [-0.05, 0) is 35.2 Å². The first kappa shape index (κ1) is 15.8. The van der Waals surface area contributed by atoms with Crippen molar-refractivity contribution in [1.29, 1.82) is 5.26 Å². The second-order valence-corrected chi connectivity index (χ2v) is 5.47. The summed E-state index contributed by atoms with van der Waals surface area (Å²) in [6, 6.07) is 11.6. The molecule has 0 bridgehead atoms. The van der Waals surface area contributed by atoms with Crippen molar-refractivity contribution in [2.45, 2.75) is 6.61 Å². The Hall–Kier alpha value is -3.05. The molecule has 0 atom stereocenters. The standard InChI is InChI=1S/C16H9F2N3O2S/c17-16(18)22-12-5-3-10(4-6-12)8-11(9-19)15-20-14(21-23-15)13-2-1-7-24-13/h1-8,16H/b11-8+. The molecule has 1 aromatic carbocycles. The number of hydrogen-bond donors (Lipinski definition) is 0. The van der Waals surface area contributed by atoms with Gasteiger partial charge < -0.3 is 9.26 Å². The van der Waals surface area contributed by atoms with Crippen molar-refractivity contribution in [3.05, 3.63) is 53.2 Å². The molecule has 0 saturated carbocycles. The number of aromatic nitrogens is 2. The smallest absolute Gasteiger partial charge is 0.387 e. The molecule has 5 nitrogen and oxygen atoms in total. The van der Waals surface area contributed by atoms with Gasteiger partial charge in [0.15, 0.2) is 0 Å². The van der Waals surface area contributed by atoms with E-state index < -0.39 is 6.61 Å². The molecule has 8 heteroatoms. The van der Waals surface area contributed by atoms with Gasteiger partial charge in [0, 0.05) is 0 Å². The highest BCUT2D eigenvalue weighted by atomic mass is 32.1. The molecule has 2 aromatic heterocycles. The van der Waals surface area contributed by atoms with Crippen LogP contribution < -0.4 is 4.74 Å². The minimum absolute atomic E-state index is 0.0402. The maximum atomic E-state index is 12.1. The molecule has 0 unspecified atom stereocenters. The molecule has 0 aliphatic rings. The predicted octanol–water partition coefficient (Wildman–Crippen LogP) is 4.46. The summed E-state index contributed by atoms with van der Waals surface area (Å²) in [6.45, 7) is -2.88. The molecule has 0 aliphatic heterocycles. The first-order valence-corrected chi connectivity index (χ1v) is 7.58. The van der Waals surface area contributed by atoms with Gasteiger partial charge in [-0.15, -0.1) is 11.3 Å². The maximum Gasteiger partial charge on any atom is 0.387 e. The average Bonchev–Trinajstić information content (AvgIpc) is 3.24. The summed E-state index contributed by atoms with van der Waals surface area (Å²) in [5.41, 5.74) is 0.789. The second-order valence-electron chi connectivity index (χ2n) is 4.52. The number of allylic oxidation sites excluding steroid dienone is 1. The van der Waals surface area contributed by atoms with Crippen molar-refractivity contribution in [2.75, 3.05) is 0 Å². The van der Waals surface area contributed by atoms with Crippen LogP contribution in [0, 0.1) is 11.3 Å². The molecular formula is C16H9F2N3O2S. The normalized spacial score (nSPS) is 11.5. The number of halogens is 2. The highest BCUT2D eigenvalue weighted by Crippen LogP contribution is 2.24. The number of hydrogen-bond acceptors (Lipinski definition) is 6. The van der Waals surface area contributed by atoms with Crippen LogP contribution in [-0.2, 0) is 0 Å². The zero-order chi connectivity index (χ0) is 16.9. The Labute approximate surface area is 139 Å². The largest absolute Gasteiger partial charge is 0.435 e. The maximum absolute atomic E-state index is 12.1. The first-order chi connectivity index (χ1) is 11.7. The van der Waals surface area contributed by atoms with Crippen molar-refractivity contribution >= 4 is 23.0 Å². The van der Waals surface area contributed by atoms with Gasteiger partial charge in [-0.25, -0.2) is 0 Å². The van der Waals surface area contributed by atoms with Crippen LogP contribution in [0.25, 0.3) is 22.4 Å². The third kappa shape index (κ3) is 3.64. The Morgan fingerprint density at radius 3 is 2.71 bits per heavy atom. The van der Waals surface area contributed by atoms with Gasteiger partial charge in [0.2, 0.25) is 5.82 Å². The summed E-state index contributed by atoms with van der Waals surface area (Å²) in [4.78, 5) is 5.02. The molecule has 3 aromatic rings. The van der Waals surface area contributed by atoms with Crippen LogP contribution in [-0.4, -0.2) is 16.8 Å². The topological polar surface area (TPSA) is 71.9 Å². The van der Waals surface area contributed by atoms with E-state index in [0.29, 0.717) is 11.4 Å². The molecule has 0 saturated heterocycles. The summed E-state index contributed by atoms with van der Waals surface area (Å²) in [5.74, 6) is 0.536. The molecule has 3 rings (SSSR count). The highest BCUT2D eigenvalue weighted by molar-refractivity contribution is 7.13. The van der Waals surface area contributed by atoms with Crippen LogP contribution in [0.15, 0.2) is 46.3 Å². The highest BCUT2D eigenvalue weighted by Gasteiger charge is 2.13. The van der Waals surface area contributed by atoms with Crippen LogP contribution in [0.5, 0.6) is 5.75 Å². The van der Waals surface area contributed by atoms with Gasteiger partial charge in [0.25, 0.3) is 5.89 Å². The number of nitrogens with zero attached hydrogens (tertiary/aromatic N) is 3. The first-order valence-electron chi connectivity index (χ1n) is 6.70. The number of nitriles is 1. The minimum Gasteiger partial charge on any atom is -0.435 e. The van der Waals surface area contributed by atoms with Gasteiger partial charge >= 0.3 is 6.61 Å². The number of benzene rings is 1. The number of rotatable bonds is 5. The minimum atomic E-state index is -2.88. The third-order valence-electron chi connectivity index (χ3n) is 2.93. The van der Waals surface area contributed by atoms with Crippen LogP contribution in [0.3, 0.4) is 0 Å². The van der Waals surface area contributed by atoms with E-state index in [1.807, 2.05) is 23.6 Å². The Bertz CT molecular complexity index is 881. The number of ether oxygens (including phenoxy) is 1. The van der Waals surface area contributed by atoms with E-state index in [-0.39, 0.29) is 17.2 Å². The fourth-order valence-corrected chi connectivity index (χ4v) is 2.54. The Morgan fingerprint density at radius 1 is 1.29 bits per heavy atom.